The van der Waals surface area contributed by atoms with E-state index in [0.717, 1.165) is 12.1 Å². The average Bonchev–Trinajstić information content (AvgIpc) is 2.74. The first kappa shape index (κ1) is 25.5. The molecular formula is C22H16O12. The zero-order chi connectivity index (χ0) is 23.2. The molecule has 12 heteroatoms. The molecule has 12 nitrogen and oxygen atoms in total. The molecule has 0 unspecified atom stereocenters. The Labute approximate surface area is 187 Å². The summed E-state index contributed by atoms with van der Waals surface area (Å²) in [7, 11) is 0. The monoisotopic (exact) mass is 472 g/mol. The smallest absolute Gasteiger partial charge is 0.371 e. The topological polar surface area (TPSA) is 235 Å². The predicted octanol–water partition coefficient (Wildman–Crippen LogP) is 0.863. The van der Waals surface area contributed by atoms with E-state index in [0.29, 0.717) is 0 Å². The maximum Gasteiger partial charge on any atom is 0.371 e. The number of aromatic carboxylic acids is 2. The van der Waals surface area contributed by atoms with Crippen molar-refractivity contribution < 1.29 is 49.5 Å². The molecule has 2 aromatic heterocycles. The van der Waals surface area contributed by atoms with E-state index in [2.05, 4.69) is 0 Å². The molecule has 0 fully saturated rings. The number of hydrogen-bond donors (Lipinski definition) is 3. The molecule has 34 heavy (non-hydrogen) atoms. The number of hydrogen-bond acceptors (Lipinski definition) is 7. The second-order valence-corrected chi connectivity index (χ2v) is 6.84. The van der Waals surface area contributed by atoms with E-state index in [-0.39, 0.29) is 44.0 Å². The Balaban J connectivity index is 0.00000204. The summed E-state index contributed by atoms with van der Waals surface area (Å²) in [6.07, 6.45) is 0. The Morgan fingerprint density at radius 1 is 0.647 bits per heavy atom. The van der Waals surface area contributed by atoms with Gasteiger partial charge in [-0.15, -0.1) is 0 Å². The molecule has 176 valence electrons. The molecule has 0 saturated carbocycles. The second-order valence-electron chi connectivity index (χ2n) is 6.84. The van der Waals surface area contributed by atoms with Crippen molar-refractivity contribution in [1.82, 2.24) is 0 Å². The Hall–Kier alpha value is -4.81. The predicted molar refractivity (Wildman–Crippen MR) is 116 cm³/mol. The summed E-state index contributed by atoms with van der Waals surface area (Å²) in [5, 5.41) is 27.8. The highest BCUT2D eigenvalue weighted by molar-refractivity contribution is 5.90. The first-order valence-electron chi connectivity index (χ1n) is 9.00. The first-order valence-corrected chi connectivity index (χ1v) is 9.00. The molecule has 0 aliphatic heterocycles. The number of carboxylic acids is 3. The van der Waals surface area contributed by atoms with Crippen LogP contribution in [0.2, 0.25) is 0 Å². The average molecular weight is 472 g/mol. The van der Waals surface area contributed by atoms with Gasteiger partial charge in [0.25, 0.3) is 0 Å². The summed E-state index contributed by atoms with van der Waals surface area (Å²) in [6, 6.07) is 9.49. The lowest BCUT2D eigenvalue weighted by atomic mass is 9.90. The molecule has 0 aliphatic rings. The zero-order valence-corrected chi connectivity index (χ0v) is 16.9. The van der Waals surface area contributed by atoms with E-state index < -0.39 is 46.2 Å². The normalized spacial score (nSPS) is 10.5. The third kappa shape index (κ3) is 4.39. The van der Waals surface area contributed by atoms with Gasteiger partial charge in [-0.3, -0.25) is 14.4 Å². The van der Waals surface area contributed by atoms with Crippen LogP contribution >= 0.6 is 0 Å². The van der Waals surface area contributed by atoms with E-state index in [1.54, 1.807) is 0 Å². The van der Waals surface area contributed by atoms with Crippen molar-refractivity contribution in [2.75, 3.05) is 0 Å². The van der Waals surface area contributed by atoms with Gasteiger partial charge in [0.05, 0.1) is 10.8 Å². The Morgan fingerprint density at radius 2 is 1.03 bits per heavy atom. The van der Waals surface area contributed by atoms with Gasteiger partial charge in [0.15, 0.2) is 10.9 Å². The molecule has 2 heterocycles. The molecule has 0 radical (unpaired) electrons. The molecule has 0 amide bonds. The number of rotatable bonds is 5. The van der Waals surface area contributed by atoms with Crippen LogP contribution in [0.5, 0.6) is 0 Å². The molecule has 0 spiro atoms. The van der Waals surface area contributed by atoms with Crippen molar-refractivity contribution in [3.05, 3.63) is 91.6 Å². The van der Waals surface area contributed by atoms with Gasteiger partial charge in [-0.2, -0.15) is 0 Å². The lowest BCUT2D eigenvalue weighted by Gasteiger charge is -2.14. The maximum absolute atomic E-state index is 12.3. The Morgan fingerprint density at radius 3 is 1.35 bits per heavy atom. The minimum atomic E-state index is -1.42. The summed E-state index contributed by atoms with van der Waals surface area (Å²) in [6.45, 7) is 0. The molecule has 0 bridgehead atoms. The van der Waals surface area contributed by atoms with E-state index in [9.17, 15) is 29.1 Å². The van der Waals surface area contributed by atoms with E-state index >= 15 is 0 Å². The summed E-state index contributed by atoms with van der Waals surface area (Å²) < 4.78 is 10.3. The number of fused-ring (bicyclic) bond motifs is 2. The quantitative estimate of drug-likeness (QED) is 0.370. The maximum atomic E-state index is 12.3. The number of benzene rings is 2. The van der Waals surface area contributed by atoms with Gasteiger partial charge in [-0.1, -0.05) is 12.1 Å². The summed E-state index contributed by atoms with van der Waals surface area (Å²) in [5.41, 5.74) is -0.992. The van der Waals surface area contributed by atoms with Crippen LogP contribution in [-0.2, 0) is 4.79 Å². The number of carbonyl (C=O) groups is 3. The minimum absolute atomic E-state index is 0. The highest BCUT2D eigenvalue weighted by Crippen LogP contribution is 2.29. The fourth-order valence-electron chi connectivity index (χ4n) is 3.40. The van der Waals surface area contributed by atoms with E-state index in [1.165, 1.54) is 36.4 Å². The number of carboxylic acid groups (broad SMARTS) is 3. The summed E-state index contributed by atoms with van der Waals surface area (Å²) >= 11 is 0. The Kier molecular flexibility index (Phi) is 7.01. The third-order valence-electron chi connectivity index (χ3n) is 4.84. The summed E-state index contributed by atoms with van der Waals surface area (Å²) in [5.74, 6) is -6.50. The van der Waals surface area contributed by atoms with E-state index in [1.807, 2.05) is 0 Å². The van der Waals surface area contributed by atoms with Gasteiger partial charge < -0.3 is 35.1 Å². The van der Waals surface area contributed by atoms with Crippen LogP contribution in [0.4, 0.5) is 0 Å². The lowest BCUT2D eigenvalue weighted by molar-refractivity contribution is -0.137. The second kappa shape index (κ2) is 9.36. The van der Waals surface area contributed by atoms with Crippen molar-refractivity contribution in [2.45, 2.75) is 5.92 Å². The molecule has 4 aromatic rings. The van der Waals surface area contributed by atoms with Crippen LogP contribution in [-0.4, -0.2) is 44.2 Å². The molecule has 0 saturated heterocycles. The fraction of sp³-hybridized carbons (Fsp3) is 0.0455. The van der Waals surface area contributed by atoms with Crippen LogP contribution < -0.4 is 10.9 Å². The van der Waals surface area contributed by atoms with E-state index in [4.69, 9.17) is 19.0 Å². The molecular weight excluding hydrogens is 456 g/mol. The molecule has 0 aliphatic carbocycles. The zero-order valence-electron chi connectivity index (χ0n) is 16.9. The SMILES string of the molecule is O.O.O=C(O)c1cc(=O)c2cc(C(C(=O)O)c3ccc4oc(C(=O)O)cc(=O)c4c3)ccc2o1. The highest BCUT2D eigenvalue weighted by atomic mass is 16.4. The van der Waals surface area contributed by atoms with Crippen LogP contribution in [0.3, 0.4) is 0 Å². The van der Waals surface area contributed by atoms with Gasteiger partial charge in [0.2, 0.25) is 11.5 Å². The van der Waals surface area contributed by atoms with Crippen molar-refractivity contribution in [3.8, 4) is 0 Å². The highest BCUT2D eigenvalue weighted by Gasteiger charge is 2.24. The molecule has 4 rings (SSSR count). The summed E-state index contributed by atoms with van der Waals surface area (Å²) in [4.78, 5) is 58.8. The minimum Gasteiger partial charge on any atom is -0.481 e. The van der Waals surface area contributed by atoms with Crippen LogP contribution in [0.15, 0.2) is 67.0 Å². The van der Waals surface area contributed by atoms with Crippen LogP contribution in [0.1, 0.15) is 38.2 Å². The first-order chi connectivity index (χ1) is 15.2. The molecule has 7 N–H and O–H groups in total. The molecule has 0 atom stereocenters. The molecule has 2 aromatic carbocycles. The van der Waals surface area contributed by atoms with Crippen molar-refractivity contribution >= 4 is 39.8 Å². The van der Waals surface area contributed by atoms with Crippen molar-refractivity contribution in [1.29, 1.82) is 0 Å². The van der Waals surface area contributed by atoms with Gasteiger partial charge >= 0.3 is 17.9 Å². The Bertz CT molecular complexity index is 1450. The van der Waals surface area contributed by atoms with Crippen LogP contribution in [0.25, 0.3) is 21.9 Å². The standard InChI is InChI=1S/C22H12O10.2H2O/c23-13-7-17(20(25)26)31-15-3-1-9(5-11(13)15)19(22(29)30)10-2-4-16-12(6-10)14(24)8-18(32-16)21(27)28;;/h1-8,19H,(H,25,26)(H,27,28)(H,29,30);2*1H2. The third-order valence-corrected chi connectivity index (χ3v) is 4.84. The van der Waals surface area contributed by atoms with Gasteiger partial charge in [-0.05, 0) is 35.4 Å². The van der Waals surface area contributed by atoms with Crippen molar-refractivity contribution in [3.63, 3.8) is 0 Å². The lowest BCUT2D eigenvalue weighted by Crippen LogP contribution is -2.15. The van der Waals surface area contributed by atoms with Crippen LogP contribution in [0, 0.1) is 0 Å². The van der Waals surface area contributed by atoms with Gasteiger partial charge in [0.1, 0.15) is 17.1 Å². The largest absolute Gasteiger partial charge is 0.481 e. The number of aliphatic carboxylic acids is 1. The van der Waals surface area contributed by atoms with Gasteiger partial charge in [-0.25, -0.2) is 9.59 Å². The fourth-order valence-corrected chi connectivity index (χ4v) is 3.40. The van der Waals surface area contributed by atoms with Gasteiger partial charge in [0, 0.05) is 12.1 Å². The van der Waals surface area contributed by atoms with Crippen molar-refractivity contribution in [2.24, 2.45) is 0 Å².